The molecule has 1 aromatic rings. The van der Waals surface area contributed by atoms with Gasteiger partial charge in [-0.05, 0) is 33.3 Å². The van der Waals surface area contributed by atoms with Crippen molar-refractivity contribution in [3.63, 3.8) is 0 Å². The predicted molar refractivity (Wildman–Crippen MR) is 75.9 cm³/mol. The van der Waals surface area contributed by atoms with Gasteiger partial charge in [0.1, 0.15) is 11.4 Å². The zero-order valence-corrected chi connectivity index (χ0v) is 11.6. The maximum absolute atomic E-state index is 6.03. The summed E-state index contributed by atoms with van der Waals surface area (Å²) in [7, 11) is 0. The molecule has 18 heavy (non-hydrogen) atoms. The number of hydrogen-bond acceptors (Lipinski definition) is 2. The quantitative estimate of drug-likeness (QED) is 0.814. The van der Waals surface area contributed by atoms with Gasteiger partial charge in [-0.15, -0.1) is 6.58 Å². The predicted octanol–water partition coefficient (Wildman–Crippen LogP) is 3.84. The highest BCUT2D eigenvalue weighted by atomic mass is 16.5. The highest BCUT2D eigenvalue weighted by molar-refractivity contribution is 5.38. The molecule has 2 rings (SSSR count). The summed E-state index contributed by atoms with van der Waals surface area (Å²) in [5.74, 6) is 1.01. The van der Waals surface area contributed by atoms with E-state index in [1.54, 1.807) is 0 Å². The van der Waals surface area contributed by atoms with Crippen LogP contribution in [0.2, 0.25) is 0 Å². The van der Waals surface area contributed by atoms with E-state index < -0.39 is 0 Å². The van der Waals surface area contributed by atoms with Gasteiger partial charge >= 0.3 is 0 Å². The largest absolute Gasteiger partial charge is 0.487 e. The Morgan fingerprint density at radius 1 is 1.50 bits per heavy atom. The van der Waals surface area contributed by atoms with E-state index in [9.17, 15) is 0 Å². The Bertz CT molecular complexity index is 425. The molecule has 0 bridgehead atoms. The van der Waals surface area contributed by atoms with Crippen LogP contribution in [0.1, 0.15) is 45.2 Å². The molecular weight excluding hydrogens is 222 g/mol. The second-order valence-electron chi connectivity index (χ2n) is 5.75. The molecule has 0 aromatic heterocycles. The number of benzene rings is 1. The summed E-state index contributed by atoms with van der Waals surface area (Å²) in [5, 5.41) is 3.68. The number of nitrogens with one attached hydrogen (secondary N) is 1. The highest BCUT2D eigenvalue weighted by Gasteiger charge is 2.33. The van der Waals surface area contributed by atoms with Gasteiger partial charge in [0.15, 0.2) is 0 Å². The molecule has 0 aliphatic carbocycles. The summed E-state index contributed by atoms with van der Waals surface area (Å²) in [6.07, 6.45) is 3.94. The summed E-state index contributed by atoms with van der Waals surface area (Å²) < 4.78 is 6.03. The van der Waals surface area contributed by atoms with Crippen LogP contribution in [0.4, 0.5) is 0 Å². The lowest BCUT2D eigenvalue weighted by Gasteiger charge is -2.39. The van der Waals surface area contributed by atoms with Gasteiger partial charge in [0.2, 0.25) is 0 Å². The summed E-state index contributed by atoms with van der Waals surface area (Å²) >= 11 is 0. The summed E-state index contributed by atoms with van der Waals surface area (Å²) in [4.78, 5) is 0. The zero-order valence-electron chi connectivity index (χ0n) is 11.6. The number of hydrogen-bond donors (Lipinski definition) is 1. The highest BCUT2D eigenvalue weighted by Crippen LogP contribution is 2.39. The van der Waals surface area contributed by atoms with E-state index in [0.29, 0.717) is 12.1 Å². The van der Waals surface area contributed by atoms with E-state index in [2.05, 4.69) is 50.9 Å². The summed E-state index contributed by atoms with van der Waals surface area (Å²) in [5.41, 5.74) is 1.16. The van der Waals surface area contributed by atoms with Crippen molar-refractivity contribution >= 4 is 0 Å². The monoisotopic (exact) mass is 245 g/mol. The van der Waals surface area contributed by atoms with Gasteiger partial charge in [0, 0.05) is 24.1 Å². The lowest BCUT2D eigenvalue weighted by Crippen LogP contribution is -2.41. The third-order valence-electron chi connectivity index (χ3n) is 3.38. The van der Waals surface area contributed by atoms with E-state index in [4.69, 9.17) is 4.74 Å². The minimum absolute atomic E-state index is 0.111. The van der Waals surface area contributed by atoms with E-state index >= 15 is 0 Å². The first-order valence-electron chi connectivity index (χ1n) is 6.67. The number of para-hydroxylation sites is 1. The molecule has 2 nitrogen and oxygen atoms in total. The Morgan fingerprint density at radius 3 is 2.94 bits per heavy atom. The maximum atomic E-state index is 6.03. The number of ether oxygens (including phenoxy) is 1. The first-order chi connectivity index (χ1) is 8.52. The van der Waals surface area contributed by atoms with Crippen molar-refractivity contribution < 1.29 is 4.74 Å². The third-order valence-corrected chi connectivity index (χ3v) is 3.38. The third kappa shape index (κ3) is 2.94. The minimum atomic E-state index is -0.111. The fourth-order valence-electron chi connectivity index (χ4n) is 2.61. The fourth-order valence-corrected chi connectivity index (χ4v) is 2.61. The second-order valence-corrected chi connectivity index (χ2v) is 5.75. The van der Waals surface area contributed by atoms with Gasteiger partial charge in [0.25, 0.3) is 0 Å². The zero-order chi connectivity index (χ0) is 13.2. The average Bonchev–Trinajstić information content (AvgIpc) is 2.27. The molecular formula is C16H23NO. The second kappa shape index (κ2) is 5.15. The Morgan fingerprint density at radius 2 is 2.22 bits per heavy atom. The van der Waals surface area contributed by atoms with Crippen LogP contribution in [0.3, 0.4) is 0 Å². The molecule has 0 amide bonds. The molecule has 2 atom stereocenters. The van der Waals surface area contributed by atoms with E-state index in [1.807, 2.05) is 12.1 Å². The van der Waals surface area contributed by atoms with Crippen LogP contribution in [0.15, 0.2) is 36.9 Å². The van der Waals surface area contributed by atoms with Gasteiger partial charge in [-0.25, -0.2) is 0 Å². The molecule has 0 fully saturated rings. The van der Waals surface area contributed by atoms with Crippen molar-refractivity contribution in [3.8, 4) is 5.75 Å². The van der Waals surface area contributed by atoms with Crippen molar-refractivity contribution in [2.75, 3.05) is 0 Å². The minimum Gasteiger partial charge on any atom is -0.487 e. The van der Waals surface area contributed by atoms with Crippen molar-refractivity contribution in [2.45, 2.75) is 51.3 Å². The average molecular weight is 245 g/mol. The molecule has 1 N–H and O–H groups in total. The SMILES string of the molecule is C=CCC(C)NC1CC(C)(C)Oc2ccccc21. The molecule has 1 heterocycles. The molecule has 0 saturated heterocycles. The van der Waals surface area contributed by atoms with Crippen LogP contribution >= 0.6 is 0 Å². The normalized spacial score (nSPS) is 22.7. The van der Waals surface area contributed by atoms with Gasteiger partial charge in [-0.1, -0.05) is 24.3 Å². The topological polar surface area (TPSA) is 21.3 Å². The fraction of sp³-hybridized carbons (Fsp3) is 0.500. The molecule has 2 heteroatoms. The Hall–Kier alpha value is -1.28. The molecule has 2 unspecified atom stereocenters. The van der Waals surface area contributed by atoms with E-state index in [0.717, 1.165) is 18.6 Å². The molecule has 1 aromatic carbocycles. The van der Waals surface area contributed by atoms with E-state index in [1.165, 1.54) is 5.56 Å². The lowest BCUT2D eigenvalue weighted by atomic mass is 9.89. The molecule has 1 aliphatic rings. The van der Waals surface area contributed by atoms with Crippen LogP contribution in [0, 0.1) is 0 Å². The molecule has 0 saturated carbocycles. The first kappa shape index (κ1) is 13.2. The van der Waals surface area contributed by atoms with Gasteiger partial charge in [0.05, 0.1) is 0 Å². The van der Waals surface area contributed by atoms with Gasteiger partial charge in [-0.2, -0.15) is 0 Å². The molecule has 0 radical (unpaired) electrons. The van der Waals surface area contributed by atoms with Crippen LogP contribution in [-0.2, 0) is 0 Å². The van der Waals surface area contributed by atoms with Gasteiger partial charge < -0.3 is 10.1 Å². The van der Waals surface area contributed by atoms with E-state index in [-0.39, 0.29) is 5.60 Å². The van der Waals surface area contributed by atoms with Crippen molar-refractivity contribution in [2.24, 2.45) is 0 Å². The standard InChI is InChI=1S/C16H23NO/c1-5-8-12(2)17-14-11-16(3,4)18-15-10-7-6-9-13(14)15/h5-7,9-10,12,14,17H,1,8,11H2,2-4H3. The number of rotatable bonds is 4. The Balaban J connectivity index is 2.21. The van der Waals surface area contributed by atoms with Crippen LogP contribution < -0.4 is 10.1 Å². The Kier molecular flexibility index (Phi) is 3.76. The number of fused-ring (bicyclic) bond motifs is 1. The Labute approximate surface area is 110 Å². The molecule has 0 spiro atoms. The maximum Gasteiger partial charge on any atom is 0.124 e. The summed E-state index contributed by atoms with van der Waals surface area (Å²) in [6.45, 7) is 10.3. The van der Waals surface area contributed by atoms with Crippen molar-refractivity contribution in [3.05, 3.63) is 42.5 Å². The molecule has 98 valence electrons. The van der Waals surface area contributed by atoms with Crippen LogP contribution in [0.5, 0.6) is 5.75 Å². The van der Waals surface area contributed by atoms with Crippen molar-refractivity contribution in [1.82, 2.24) is 5.32 Å². The lowest BCUT2D eigenvalue weighted by molar-refractivity contribution is 0.0641. The van der Waals surface area contributed by atoms with Crippen molar-refractivity contribution in [1.29, 1.82) is 0 Å². The van der Waals surface area contributed by atoms with Gasteiger partial charge in [-0.3, -0.25) is 0 Å². The molecule has 1 aliphatic heterocycles. The first-order valence-corrected chi connectivity index (χ1v) is 6.67. The summed E-state index contributed by atoms with van der Waals surface area (Å²) in [6, 6.07) is 9.12. The van der Waals surface area contributed by atoms with Crippen LogP contribution in [-0.4, -0.2) is 11.6 Å². The van der Waals surface area contributed by atoms with Crippen LogP contribution in [0.25, 0.3) is 0 Å². The smallest absolute Gasteiger partial charge is 0.124 e.